The van der Waals surface area contributed by atoms with Crippen LogP contribution in [0, 0.1) is 5.82 Å². The lowest BCUT2D eigenvalue weighted by molar-refractivity contribution is -0.135. The number of anilines is 2. The highest BCUT2D eigenvalue weighted by Gasteiger charge is 2.37. The molecule has 3 aromatic carbocycles. The molecule has 0 saturated carbocycles. The van der Waals surface area contributed by atoms with Gasteiger partial charge in [0.2, 0.25) is 11.8 Å². The average molecular weight is 730 g/mol. The van der Waals surface area contributed by atoms with Crippen molar-refractivity contribution in [2.24, 2.45) is 5.73 Å². The van der Waals surface area contributed by atoms with Crippen molar-refractivity contribution in [1.82, 2.24) is 30.0 Å². The Kier molecular flexibility index (Phi) is 10.2. The maximum absolute atomic E-state index is 14.4. The van der Waals surface area contributed by atoms with Crippen LogP contribution in [0.3, 0.4) is 0 Å². The summed E-state index contributed by atoms with van der Waals surface area (Å²) >= 11 is 6.09. The highest BCUT2D eigenvalue weighted by Crippen LogP contribution is 2.37. The first kappa shape index (κ1) is 36.0. The molecule has 0 bridgehead atoms. The van der Waals surface area contributed by atoms with Gasteiger partial charge in [0.25, 0.3) is 5.91 Å². The van der Waals surface area contributed by atoms with E-state index in [1.54, 1.807) is 17.0 Å². The predicted molar refractivity (Wildman–Crippen MR) is 191 cm³/mol. The molecule has 16 heteroatoms. The van der Waals surface area contributed by atoms with E-state index in [2.05, 4.69) is 25.7 Å². The summed E-state index contributed by atoms with van der Waals surface area (Å²) < 4.78 is 21.2. The number of nitrogens with one attached hydrogen (secondary N) is 1. The Morgan fingerprint density at radius 3 is 2.38 bits per heavy atom. The van der Waals surface area contributed by atoms with Crippen molar-refractivity contribution >= 4 is 52.9 Å². The third-order valence-corrected chi connectivity index (χ3v) is 9.00. The number of hydrogen-bond donors (Lipinski definition) is 2. The molecule has 1 saturated heterocycles. The van der Waals surface area contributed by atoms with E-state index >= 15 is 0 Å². The van der Waals surface area contributed by atoms with Gasteiger partial charge in [-0.15, -0.1) is 5.10 Å². The number of primary amides is 1. The maximum Gasteiger partial charge on any atom is 0.410 e. The van der Waals surface area contributed by atoms with Crippen LogP contribution in [0.25, 0.3) is 11.8 Å². The molecular formula is C36H37ClFN9O5. The topological polar surface area (TPSA) is 169 Å². The Labute approximate surface area is 303 Å². The normalized spacial score (nSPS) is 16.1. The number of nitrogens with two attached hydrogens (primary N) is 1. The number of benzene rings is 3. The molecular weight excluding hydrogens is 693 g/mol. The number of carbonyl (C=O) groups is 4. The fraction of sp³-hybridized carbons (Fsp3) is 0.306. The summed E-state index contributed by atoms with van der Waals surface area (Å²) in [6.45, 7) is 7.71. The second-order valence-corrected chi connectivity index (χ2v) is 13.7. The molecule has 6 rings (SSSR count). The van der Waals surface area contributed by atoms with Gasteiger partial charge in [0.1, 0.15) is 23.8 Å². The van der Waals surface area contributed by atoms with Crippen LogP contribution in [0.2, 0.25) is 5.02 Å². The van der Waals surface area contributed by atoms with Crippen LogP contribution in [0.5, 0.6) is 0 Å². The third-order valence-electron chi connectivity index (χ3n) is 8.71. The molecule has 0 aliphatic carbocycles. The average Bonchev–Trinajstić information content (AvgIpc) is 3.65. The summed E-state index contributed by atoms with van der Waals surface area (Å²) in [5, 5.41) is 13.8. The molecule has 0 spiro atoms. The molecule has 14 nitrogen and oxygen atoms in total. The van der Waals surface area contributed by atoms with Gasteiger partial charge in [0, 0.05) is 67.4 Å². The van der Waals surface area contributed by atoms with E-state index in [9.17, 15) is 23.6 Å². The van der Waals surface area contributed by atoms with Crippen LogP contribution >= 0.6 is 11.6 Å². The van der Waals surface area contributed by atoms with Crippen LogP contribution in [0.1, 0.15) is 53.9 Å². The number of aromatic nitrogens is 4. The van der Waals surface area contributed by atoms with Crippen molar-refractivity contribution in [1.29, 1.82) is 0 Å². The minimum Gasteiger partial charge on any atom is -0.444 e. The molecule has 1 aromatic heterocycles. The maximum atomic E-state index is 14.4. The minimum absolute atomic E-state index is 0.158. The summed E-state index contributed by atoms with van der Waals surface area (Å²) in [6, 6.07) is 13.3. The molecule has 2 aliphatic heterocycles. The number of nitrogens with zero attached hydrogens (tertiary/aromatic N) is 7. The van der Waals surface area contributed by atoms with Gasteiger partial charge in [0.15, 0.2) is 0 Å². The summed E-state index contributed by atoms with van der Waals surface area (Å²) in [6.07, 6.45) is 4.14. The molecule has 0 radical (unpaired) electrons. The van der Waals surface area contributed by atoms with Gasteiger partial charge in [-0.05, 0) is 91.2 Å². The van der Waals surface area contributed by atoms with E-state index in [1.165, 1.54) is 46.3 Å². The number of hydrogen-bond acceptors (Lipinski definition) is 9. The number of ether oxygens (including phenoxy) is 1. The van der Waals surface area contributed by atoms with Crippen LogP contribution in [-0.4, -0.2) is 92.1 Å². The van der Waals surface area contributed by atoms with Crippen molar-refractivity contribution in [3.63, 3.8) is 0 Å². The highest BCUT2D eigenvalue weighted by molar-refractivity contribution is 6.31. The second kappa shape index (κ2) is 14.8. The summed E-state index contributed by atoms with van der Waals surface area (Å²) in [4.78, 5) is 57.8. The number of piperazine rings is 1. The predicted octanol–water partition coefficient (Wildman–Crippen LogP) is 4.39. The summed E-state index contributed by atoms with van der Waals surface area (Å²) in [5.74, 6) is -2.24. The summed E-state index contributed by atoms with van der Waals surface area (Å²) in [7, 11) is 0. The SMILES string of the molecule is CC(C)(C)OC(=O)N1CCN(c2cccc3c2CCN(C(=O)/C=C/c2cc(Cl)c(F)cc2-n2cnnn2)C3C(=O)Nc2ccc(C(N)=O)cc2)CC1. The number of fused-ring (bicyclic) bond motifs is 1. The molecule has 52 heavy (non-hydrogen) atoms. The van der Waals surface area contributed by atoms with Gasteiger partial charge in [0.05, 0.1) is 10.7 Å². The molecule has 2 aliphatic rings. The fourth-order valence-corrected chi connectivity index (χ4v) is 6.44. The van der Waals surface area contributed by atoms with Crippen molar-refractivity contribution < 1.29 is 28.3 Å². The third kappa shape index (κ3) is 7.89. The minimum atomic E-state index is -1.05. The number of amides is 4. The Morgan fingerprint density at radius 1 is 1.00 bits per heavy atom. The Morgan fingerprint density at radius 2 is 1.73 bits per heavy atom. The standard InChI is InChI=1S/C36H37ClFN9O5/c1-36(2,3)52-35(51)45-17-15-44(16-18-45)29-6-4-5-26-25(29)13-14-46(32(26)34(50)41-24-10-7-22(8-11-24)33(39)49)31(48)12-9-23-19-27(37)28(38)20-30(23)47-21-40-42-43-47/h4-12,19-21,32H,13-18H2,1-3H3,(H2,39,49)(H,41,50)/b12-9+. The quantitative estimate of drug-likeness (QED) is 0.262. The van der Waals surface area contributed by atoms with Gasteiger partial charge in [-0.2, -0.15) is 4.68 Å². The van der Waals surface area contributed by atoms with Crippen molar-refractivity contribution in [3.8, 4) is 5.69 Å². The Bertz CT molecular complexity index is 2020. The first-order chi connectivity index (χ1) is 24.8. The van der Waals surface area contributed by atoms with Crippen molar-refractivity contribution in [3.05, 3.63) is 100 Å². The van der Waals surface area contributed by atoms with Crippen LogP contribution < -0.4 is 16.0 Å². The molecule has 3 heterocycles. The lowest BCUT2D eigenvalue weighted by Gasteiger charge is -2.41. The van der Waals surface area contributed by atoms with Gasteiger partial charge in [-0.3, -0.25) is 14.4 Å². The van der Waals surface area contributed by atoms with Gasteiger partial charge < -0.3 is 30.5 Å². The second-order valence-electron chi connectivity index (χ2n) is 13.3. The largest absolute Gasteiger partial charge is 0.444 e. The van der Waals surface area contributed by atoms with E-state index in [1.807, 2.05) is 39.0 Å². The van der Waals surface area contributed by atoms with Crippen LogP contribution in [0.4, 0.5) is 20.6 Å². The number of halogens is 2. The van der Waals surface area contributed by atoms with E-state index < -0.39 is 35.2 Å². The lowest BCUT2D eigenvalue weighted by Crippen LogP contribution is -2.51. The lowest BCUT2D eigenvalue weighted by atomic mass is 9.89. The van der Waals surface area contributed by atoms with Crippen LogP contribution in [0.15, 0.2) is 67.0 Å². The first-order valence-electron chi connectivity index (χ1n) is 16.6. The zero-order chi connectivity index (χ0) is 37.2. The fourth-order valence-electron chi connectivity index (χ4n) is 6.26. The molecule has 1 atom stereocenters. The highest BCUT2D eigenvalue weighted by atomic mass is 35.5. The number of carbonyl (C=O) groups excluding carboxylic acids is 4. The zero-order valence-electron chi connectivity index (χ0n) is 28.8. The van der Waals surface area contributed by atoms with Gasteiger partial charge in [-0.1, -0.05) is 23.7 Å². The monoisotopic (exact) mass is 729 g/mol. The number of rotatable bonds is 7. The van der Waals surface area contributed by atoms with Crippen molar-refractivity contribution in [2.45, 2.75) is 38.8 Å². The molecule has 4 aromatic rings. The summed E-state index contributed by atoms with van der Waals surface area (Å²) in [5.41, 5.74) is 8.57. The van der Waals surface area contributed by atoms with Gasteiger partial charge >= 0.3 is 6.09 Å². The van der Waals surface area contributed by atoms with E-state index in [0.29, 0.717) is 49.4 Å². The smallest absolute Gasteiger partial charge is 0.410 e. The molecule has 1 fully saturated rings. The Hall–Kier alpha value is -5.83. The van der Waals surface area contributed by atoms with E-state index in [4.69, 9.17) is 22.1 Å². The van der Waals surface area contributed by atoms with Crippen LogP contribution in [-0.2, 0) is 20.7 Å². The molecule has 270 valence electrons. The molecule has 1 unspecified atom stereocenters. The van der Waals surface area contributed by atoms with Gasteiger partial charge in [-0.25, -0.2) is 9.18 Å². The zero-order valence-corrected chi connectivity index (χ0v) is 29.5. The van der Waals surface area contributed by atoms with E-state index in [-0.39, 0.29) is 28.9 Å². The van der Waals surface area contributed by atoms with E-state index in [0.717, 1.165) is 17.3 Å². The molecule has 3 N–H and O–H groups in total. The first-order valence-corrected chi connectivity index (χ1v) is 16.9. The molecule has 4 amide bonds. The van der Waals surface area contributed by atoms with Crippen molar-refractivity contribution in [2.75, 3.05) is 42.9 Å². The number of tetrazole rings is 1. The Balaban J connectivity index is 1.30.